The van der Waals surface area contributed by atoms with Crippen molar-refractivity contribution in [3.63, 3.8) is 0 Å². The van der Waals surface area contributed by atoms with Crippen molar-refractivity contribution in [1.29, 1.82) is 0 Å². The Balaban J connectivity index is 1.94. The summed E-state index contributed by atoms with van der Waals surface area (Å²) in [5.41, 5.74) is 3.04. The molecule has 4 rings (SSSR count). The van der Waals surface area contributed by atoms with Crippen LogP contribution in [0.5, 0.6) is 5.75 Å². The van der Waals surface area contributed by atoms with Gasteiger partial charge in [-0.2, -0.15) is 0 Å². The van der Waals surface area contributed by atoms with E-state index in [0.29, 0.717) is 11.6 Å². The SMILES string of the molecule is CCc1ccc(-n2c(-c3ccccc3)nnc2-c2occc2[O-])cc1. The van der Waals surface area contributed by atoms with Gasteiger partial charge in [-0.3, -0.25) is 4.57 Å². The summed E-state index contributed by atoms with van der Waals surface area (Å²) in [4.78, 5) is 0. The van der Waals surface area contributed by atoms with Crippen molar-refractivity contribution < 1.29 is 9.52 Å². The van der Waals surface area contributed by atoms with Gasteiger partial charge in [0, 0.05) is 11.3 Å². The van der Waals surface area contributed by atoms with E-state index in [0.717, 1.165) is 17.7 Å². The van der Waals surface area contributed by atoms with E-state index in [1.165, 1.54) is 17.9 Å². The molecule has 124 valence electrons. The predicted molar refractivity (Wildman–Crippen MR) is 93.3 cm³/mol. The highest BCUT2D eigenvalue weighted by Gasteiger charge is 2.19. The van der Waals surface area contributed by atoms with Crippen molar-refractivity contribution in [2.75, 3.05) is 0 Å². The lowest BCUT2D eigenvalue weighted by Gasteiger charge is -2.12. The van der Waals surface area contributed by atoms with Crippen molar-refractivity contribution in [2.24, 2.45) is 0 Å². The number of aryl methyl sites for hydroxylation is 1. The molecule has 0 saturated heterocycles. The molecule has 2 heterocycles. The zero-order chi connectivity index (χ0) is 17.2. The Bertz CT molecular complexity index is 985. The third-order valence-electron chi connectivity index (χ3n) is 4.13. The summed E-state index contributed by atoms with van der Waals surface area (Å²) < 4.78 is 7.23. The molecule has 4 aromatic rings. The average molecular weight is 330 g/mol. The largest absolute Gasteiger partial charge is 0.870 e. The molecule has 0 aliphatic rings. The molecule has 0 aliphatic carbocycles. The topological polar surface area (TPSA) is 66.9 Å². The third kappa shape index (κ3) is 2.70. The molecule has 5 heteroatoms. The van der Waals surface area contributed by atoms with Crippen LogP contribution in [-0.2, 0) is 6.42 Å². The van der Waals surface area contributed by atoms with Crippen molar-refractivity contribution in [3.05, 3.63) is 72.5 Å². The summed E-state index contributed by atoms with van der Waals surface area (Å²) in [6, 6.07) is 19.3. The van der Waals surface area contributed by atoms with Crippen LogP contribution >= 0.6 is 0 Å². The van der Waals surface area contributed by atoms with Crippen molar-refractivity contribution in [2.45, 2.75) is 13.3 Å². The average Bonchev–Trinajstić information content (AvgIpc) is 3.28. The van der Waals surface area contributed by atoms with Crippen LogP contribution in [0.15, 0.2) is 71.3 Å². The normalized spacial score (nSPS) is 10.9. The molecule has 0 atom stereocenters. The Morgan fingerprint density at radius 2 is 1.64 bits per heavy atom. The number of hydrogen-bond acceptors (Lipinski definition) is 4. The second kappa shape index (κ2) is 6.28. The van der Waals surface area contributed by atoms with E-state index in [1.807, 2.05) is 47.0 Å². The van der Waals surface area contributed by atoms with Gasteiger partial charge >= 0.3 is 0 Å². The van der Waals surface area contributed by atoms with Crippen molar-refractivity contribution in [3.8, 4) is 34.4 Å². The fraction of sp³-hybridized carbons (Fsp3) is 0.100. The van der Waals surface area contributed by atoms with E-state index >= 15 is 0 Å². The van der Waals surface area contributed by atoms with Crippen LogP contribution in [0.3, 0.4) is 0 Å². The zero-order valence-electron chi connectivity index (χ0n) is 13.7. The highest BCUT2D eigenvalue weighted by atomic mass is 16.4. The van der Waals surface area contributed by atoms with E-state index in [4.69, 9.17) is 4.42 Å². The van der Waals surface area contributed by atoms with E-state index in [2.05, 4.69) is 29.3 Å². The molecule has 2 aromatic carbocycles. The summed E-state index contributed by atoms with van der Waals surface area (Å²) in [7, 11) is 0. The Hall–Kier alpha value is -3.34. The Morgan fingerprint density at radius 1 is 0.920 bits per heavy atom. The summed E-state index contributed by atoms with van der Waals surface area (Å²) in [5, 5.41) is 20.6. The Morgan fingerprint density at radius 3 is 2.28 bits per heavy atom. The van der Waals surface area contributed by atoms with Crippen molar-refractivity contribution in [1.82, 2.24) is 14.8 Å². The minimum absolute atomic E-state index is 0.189. The highest BCUT2D eigenvalue weighted by molar-refractivity contribution is 5.66. The van der Waals surface area contributed by atoms with Crippen LogP contribution in [0.2, 0.25) is 0 Å². The first-order valence-electron chi connectivity index (χ1n) is 8.13. The van der Waals surface area contributed by atoms with Gasteiger partial charge in [0.2, 0.25) is 5.82 Å². The van der Waals surface area contributed by atoms with Gasteiger partial charge in [0.1, 0.15) is 0 Å². The Kier molecular flexibility index (Phi) is 3.82. The lowest BCUT2D eigenvalue weighted by Crippen LogP contribution is -2.01. The van der Waals surface area contributed by atoms with E-state index < -0.39 is 0 Å². The van der Waals surface area contributed by atoms with Gasteiger partial charge in [0.25, 0.3) is 0 Å². The molecule has 5 nitrogen and oxygen atoms in total. The first-order chi connectivity index (χ1) is 12.3. The number of nitrogens with zero attached hydrogens (tertiary/aromatic N) is 3. The highest BCUT2D eigenvalue weighted by Crippen LogP contribution is 2.32. The molecular formula is C20H16N3O2-. The van der Waals surface area contributed by atoms with Crippen LogP contribution < -0.4 is 5.11 Å². The minimum atomic E-state index is -0.210. The lowest BCUT2D eigenvalue weighted by atomic mass is 10.1. The number of benzene rings is 2. The van der Waals surface area contributed by atoms with E-state index in [9.17, 15) is 5.11 Å². The number of rotatable bonds is 4. The van der Waals surface area contributed by atoms with Crippen molar-refractivity contribution >= 4 is 0 Å². The molecule has 0 bridgehead atoms. The molecule has 2 aromatic heterocycles. The molecule has 0 radical (unpaired) electrons. The Labute approximate surface area is 145 Å². The van der Waals surface area contributed by atoms with Gasteiger partial charge in [0.15, 0.2) is 11.6 Å². The first kappa shape index (κ1) is 15.2. The second-order valence-corrected chi connectivity index (χ2v) is 5.68. The van der Waals surface area contributed by atoms with Crippen LogP contribution in [-0.4, -0.2) is 14.8 Å². The fourth-order valence-corrected chi connectivity index (χ4v) is 2.79. The standard InChI is InChI=1S/C20H17N3O2/c1-2-14-8-10-16(11-9-14)23-19(15-6-4-3-5-7-15)21-22-20(23)18-17(24)12-13-25-18/h3-13,24H,2H2,1H3/p-1. The first-order valence-corrected chi connectivity index (χ1v) is 8.13. The van der Waals surface area contributed by atoms with Gasteiger partial charge in [0.05, 0.1) is 6.26 Å². The maximum absolute atomic E-state index is 12.1. The van der Waals surface area contributed by atoms with Crippen LogP contribution in [0, 0.1) is 0 Å². The maximum atomic E-state index is 12.1. The molecule has 0 spiro atoms. The monoisotopic (exact) mass is 330 g/mol. The summed E-state index contributed by atoms with van der Waals surface area (Å²) in [6.45, 7) is 2.11. The molecular weight excluding hydrogens is 314 g/mol. The molecule has 0 saturated carbocycles. The van der Waals surface area contributed by atoms with E-state index in [-0.39, 0.29) is 11.5 Å². The summed E-state index contributed by atoms with van der Waals surface area (Å²) in [6.07, 6.45) is 2.34. The van der Waals surface area contributed by atoms with Gasteiger partial charge in [-0.25, -0.2) is 0 Å². The van der Waals surface area contributed by atoms with Gasteiger partial charge in [-0.15, -0.1) is 10.2 Å². The number of hydrogen-bond donors (Lipinski definition) is 0. The quantitative estimate of drug-likeness (QED) is 0.570. The fourth-order valence-electron chi connectivity index (χ4n) is 2.79. The van der Waals surface area contributed by atoms with Crippen LogP contribution in [0.1, 0.15) is 12.5 Å². The van der Waals surface area contributed by atoms with Crippen LogP contribution in [0.25, 0.3) is 28.7 Å². The molecule has 0 aliphatic heterocycles. The molecule has 0 N–H and O–H groups in total. The predicted octanol–water partition coefficient (Wildman–Crippen LogP) is 3.83. The summed E-state index contributed by atoms with van der Waals surface area (Å²) in [5.74, 6) is 1.04. The molecule has 0 amide bonds. The second-order valence-electron chi connectivity index (χ2n) is 5.68. The minimum Gasteiger partial charge on any atom is -0.870 e. The van der Waals surface area contributed by atoms with E-state index in [1.54, 1.807) is 0 Å². The van der Waals surface area contributed by atoms with Gasteiger partial charge in [-0.05, 0) is 30.2 Å². The maximum Gasteiger partial charge on any atom is 0.204 e. The van der Waals surface area contributed by atoms with Crippen LogP contribution in [0.4, 0.5) is 0 Å². The molecule has 25 heavy (non-hydrogen) atoms. The number of aromatic nitrogens is 3. The van der Waals surface area contributed by atoms with Gasteiger partial charge in [-0.1, -0.05) is 55.1 Å². The lowest BCUT2D eigenvalue weighted by molar-refractivity contribution is -0.267. The van der Waals surface area contributed by atoms with Gasteiger partial charge < -0.3 is 9.52 Å². The molecule has 0 fully saturated rings. The third-order valence-corrected chi connectivity index (χ3v) is 4.13. The smallest absolute Gasteiger partial charge is 0.204 e. The zero-order valence-corrected chi connectivity index (χ0v) is 13.7. The number of furan rings is 1. The summed E-state index contributed by atoms with van der Waals surface area (Å²) >= 11 is 0. The molecule has 0 unspecified atom stereocenters.